The Labute approximate surface area is 96.0 Å². The molecule has 88 valence electrons. The third-order valence-electron chi connectivity index (χ3n) is 2.76. The van der Waals surface area contributed by atoms with E-state index in [4.69, 9.17) is 0 Å². The number of nitrogens with zero attached hydrogens (tertiary/aromatic N) is 2. The van der Waals surface area contributed by atoms with Gasteiger partial charge in [-0.25, -0.2) is 0 Å². The van der Waals surface area contributed by atoms with Crippen molar-refractivity contribution in [3.63, 3.8) is 0 Å². The maximum atomic E-state index is 10.5. The smallest absolute Gasteiger partial charge is 0.269 e. The van der Waals surface area contributed by atoms with Gasteiger partial charge < -0.3 is 4.90 Å². The molecule has 1 aromatic rings. The van der Waals surface area contributed by atoms with E-state index in [-0.39, 0.29) is 10.6 Å². The Bertz CT molecular complexity index is 331. The highest BCUT2D eigenvalue weighted by Crippen LogP contribution is 2.12. The van der Waals surface area contributed by atoms with E-state index in [0.717, 1.165) is 31.6 Å². The highest BCUT2D eigenvalue weighted by molar-refractivity contribution is 5.32. The number of nitro benzene ring substituents is 1. The summed E-state index contributed by atoms with van der Waals surface area (Å²) < 4.78 is 0. The molecule has 0 N–H and O–H groups in total. The monoisotopic (exact) mass is 222 g/mol. The molecule has 0 heterocycles. The van der Waals surface area contributed by atoms with Crippen LogP contribution in [-0.4, -0.2) is 29.5 Å². The summed E-state index contributed by atoms with van der Waals surface area (Å²) in [5, 5.41) is 10.5. The first-order chi connectivity index (χ1) is 7.67. The summed E-state index contributed by atoms with van der Waals surface area (Å²) in [6.45, 7) is 7.37. The van der Waals surface area contributed by atoms with E-state index >= 15 is 0 Å². The van der Waals surface area contributed by atoms with Crippen LogP contribution in [0.5, 0.6) is 0 Å². The van der Waals surface area contributed by atoms with Crippen LogP contribution in [-0.2, 0) is 6.42 Å². The Morgan fingerprint density at radius 2 is 1.75 bits per heavy atom. The molecule has 0 radical (unpaired) electrons. The molecule has 0 aliphatic rings. The molecule has 0 saturated carbocycles. The summed E-state index contributed by atoms with van der Waals surface area (Å²) in [6, 6.07) is 6.80. The standard InChI is InChI=1S/C12H18N2O2/c1-3-13(4-2)10-9-11-5-7-12(8-6-11)14(15)16/h5-8H,3-4,9-10H2,1-2H3. The van der Waals surface area contributed by atoms with E-state index in [1.807, 2.05) is 12.1 Å². The Balaban J connectivity index is 2.52. The van der Waals surface area contributed by atoms with Gasteiger partial charge in [0.25, 0.3) is 5.69 Å². The molecule has 1 rings (SSSR count). The van der Waals surface area contributed by atoms with Gasteiger partial charge in [-0.1, -0.05) is 26.0 Å². The molecule has 0 aliphatic heterocycles. The predicted octanol–water partition coefficient (Wildman–Crippen LogP) is 2.48. The Morgan fingerprint density at radius 1 is 1.19 bits per heavy atom. The van der Waals surface area contributed by atoms with Crippen molar-refractivity contribution in [2.45, 2.75) is 20.3 Å². The van der Waals surface area contributed by atoms with Crippen LogP contribution in [0.4, 0.5) is 5.69 Å². The van der Waals surface area contributed by atoms with Crippen molar-refractivity contribution in [2.24, 2.45) is 0 Å². The molecule has 4 heteroatoms. The van der Waals surface area contributed by atoms with Crippen LogP contribution in [0.3, 0.4) is 0 Å². The number of rotatable bonds is 6. The fourth-order valence-electron chi connectivity index (χ4n) is 1.61. The molecule has 0 aliphatic carbocycles. The highest BCUT2D eigenvalue weighted by Gasteiger charge is 2.04. The van der Waals surface area contributed by atoms with Gasteiger partial charge in [-0.05, 0) is 25.1 Å². The highest BCUT2D eigenvalue weighted by atomic mass is 16.6. The van der Waals surface area contributed by atoms with Crippen molar-refractivity contribution < 1.29 is 4.92 Å². The summed E-state index contributed by atoms with van der Waals surface area (Å²) >= 11 is 0. The van der Waals surface area contributed by atoms with Gasteiger partial charge in [-0.15, -0.1) is 0 Å². The molecule has 4 nitrogen and oxygen atoms in total. The molecule has 0 spiro atoms. The van der Waals surface area contributed by atoms with Crippen LogP contribution in [0.1, 0.15) is 19.4 Å². The van der Waals surface area contributed by atoms with Gasteiger partial charge in [0.2, 0.25) is 0 Å². The van der Waals surface area contributed by atoms with Gasteiger partial charge in [0.1, 0.15) is 0 Å². The van der Waals surface area contributed by atoms with E-state index in [0.29, 0.717) is 0 Å². The lowest BCUT2D eigenvalue weighted by molar-refractivity contribution is -0.384. The lowest BCUT2D eigenvalue weighted by atomic mass is 10.1. The number of non-ortho nitro benzene ring substituents is 1. The largest absolute Gasteiger partial charge is 0.304 e. The number of nitro groups is 1. The fourth-order valence-corrected chi connectivity index (χ4v) is 1.61. The first kappa shape index (κ1) is 12.6. The number of benzene rings is 1. The summed E-state index contributed by atoms with van der Waals surface area (Å²) in [5.41, 5.74) is 1.31. The molecule has 0 fully saturated rings. The third-order valence-corrected chi connectivity index (χ3v) is 2.76. The van der Waals surface area contributed by atoms with Crippen LogP contribution >= 0.6 is 0 Å². The van der Waals surface area contributed by atoms with Crippen molar-refractivity contribution >= 4 is 5.69 Å². The Hall–Kier alpha value is -1.42. The predicted molar refractivity (Wildman–Crippen MR) is 64.6 cm³/mol. The average molecular weight is 222 g/mol. The van der Waals surface area contributed by atoms with Crippen LogP contribution in [0.25, 0.3) is 0 Å². The van der Waals surface area contributed by atoms with Crippen LogP contribution in [0.15, 0.2) is 24.3 Å². The minimum absolute atomic E-state index is 0.159. The number of hydrogen-bond acceptors (Lipinski definition) is 3. The molecule has 0 amide bonds. The van der Waals surface area contributed by atoms with Crippen molar-refractivity contribution in [1.29, 1.82) is 0 Å². The number of hydrogen-bond donors (Lipinski definition) is 0. The van der Waals surface area contributed by atoms with Crippen molar-refractivity contribution in [3.8, 4) is 0 Å². The first-order valence-corrected chi connectivity index (χ1v) is 5.63. The molecule has 0 saturated heterocycles. The second-order valence-corrected chi connectivity index (χ2v) is 3.70. The first-order valence-electron chi connectivity index (χ1n) is 5.63. The lowest BCUT2D eigenvalue weighted by Crippen LogP contribution is -2.25. The second kappa shape index (κ2) is 6.23. The van der Waals surface area contributed by atoms with E-state index in [1.165, 1.54) is 0 Å². The van der Waals surface area contributed by atoms with Crippen LogP contribution in [0.2, 0.25) is 0 Å². The topological polar surface area (TPSA) is 46.4 Å². The molecule has 0 unspecified atom stereocenters. The zero-order valence-corrected chi connectivity index (χ0v) is 9.85. The molecule has 1 aromatic carbocycles. The van der Waals surface area contributed by atoms with Gasteiger partial charge in [0.05, 0.1) is 4.92 Å². The van der Waals surface area contributed by atoms with E-state index in [9.17, 15) is 10.1 Å². The van der Waals surface area contributed by atoms with E-state index in [2.05, 4.69) is 18.7 Å². The lowest BCUT2D eigenvalue weighted by Gasteiger charge is -2.17. The summed E-state index contributed by atoms with van der Waals surface area (Å²) in [6.07, 6.45) is 0.944. The second-order valence-electron chi connectivity index (χ2n) is 3.70. The van der Waals surface area contributed by atoms with E-state index in [1.54, 1.807) is 12.1 Å². The minimum Gasteiger partial charge on any atom is -0.304 e. The molecule has 16 heavy (non-hydrogen) atoms. The zero-order valence-electron chi connectivity index (χ0n) is 9.85. The quantitative estimate of drug-likeness (QED) is 0.548. The SMILES string of the molecule is CCN(CC)CCc1ccc([N+](=O)[O-])cc1. The Morgan fingerprint density at radius 3 is 2.19 bits per heavy atom. The van der Waals surface area contributed by atoms with Crippen molar-refractivity contribution in [2.75, 3.05) is 19.6 Å². The summed E-state index contributed by atoms with van der Waals surface area (Å²) in [5.74, 6) is 0. The molecule has 0 bridgehead atoms. The van der Waals surface area contributed by atoms with Crippen LogP contribution < -0.4 is 0 Å². The molecule has 0 atom stereocenters. The normalized spacial score (nSPS) is 10.7. The summed E-state index contributed by atoms with van der Waals surface area (Å²) in [7, 11) is 0. The van der Waals surface area contributed by atoms with Gasteiger partial charge in [0, 0.05) is 18.7 Å². The maximum Gasteiger partial charge on any atom is 0.269 e. The Kier molecular flexibility index (Phi) is 4.92. The molecular formula is C12H18N2O2. The number of likely N-dealkylation sites (N-methyl/N-ethyl adjacent to an activating group) is 1. The van der Waals surface area contributed by atoms with Crippen LogP contribution in [0, 0.1) is 10.1 Å². The fraction of sp³-hybridized carbons (Fsp3) is 0.500. The van der Waals surface area contributed by atoms with Crippen molar-refractivity contribution in [1.82, 2.24) is 4.90 Å². The maximum absolute atomic E-state index is 10.5. The van der Waals surface area contributed by atoms with Gasteiger partial charge in [0.15, 0.2) is 0 Å². The summed E-state index contributed by atoms with van der Waals surface area (Å²) in [4.78, 5) is 12.4. The minimum atomic E-state index is -0.367. The zero-order chi connectivity index (χ0) is 12.0. The van der Waals surface area contributed by atoms with Gasteiger partial charge in [-0.2, -0.15) is 0 Å². The van der Waals surface area contributed by atoms with Gasteiger partial charge >= 0.3 is 0 Å². The van der Waals surface area contributed by atoms with E-state index < -0.39 is 0 Å². The average Bonchev–Trinajstić information content (AvgIpc) is 2.31. The van der Waals surface area contributed by atoms with Crippen molar-refractivity contribution in [3.05, 3.63) is 39.9 Å². The van der Waals surface area contributed by atoms with Gasteiger partial charge in [-0.3, -0.25) is 10.1 Å². The molecule has 0 aromatic heterocycles. The molecular weight excluding hydrogens is 204 g/mol. The third kappa shape index (κ3) is 3.62.